The molecular weight excluding hydrogens is 402 g/mol. The summed E-state index contributed by atoms with van der Waals surface area (Å²) in [6.07, 6.45) is 0. The summed E-state index contributed by atoms with van der Waals surface area (Å²) in [4.78, 5) is 11.8. The lowest BCUT2D eigenvalue weighted by atomic mass is 10.2. The van der Waals surface area contributed by atoms with E-state index in [9.17, 15) is 22.0 Å². The van der Waals surface area contributed by atoms with Crippen molar-refractivity contribution in [3.63, 3.8) is 0 Å². The minimum absolute atomic E-state index is 0.0660. The van der Waals surface area contributed by atoms with Crippen LogP contribution in [0.2, 0.25) is 5.02 Å². The molecule has 1 aliphatic heterocycles. The van der Waals surface area contributed by atoms with E-state index in [1.54, 1.807) is 0 Å². The molecule has 6 nitrogen and oxygen atoms in total. The SMILES string of the molecule is O=C(Nc1ccc(F)c(Cl)c1)c1ccc(F)c(S(=O)(=O)N2CCOCC2)c1. The highest BCUT2D eigenvalue weighted by Crippen LogP contribution is 2.23. The summed E-state index contributed by atoms with van der Waals surface area (Å²) >= 11 is 5.66. The lowest BCUT2D eigenvalue weighted by Gasteiger charge is -2.26. The van der Waals surface area contributed by atoms with Gasteiger partial charge in [-0.15, -0.1) is 0 Å². The molecule has 2 aromatic carbocycles. The van der Waals surface area contributed by atoms with Crippen LogP contribution in [-0.4, -0.2) is 44.9 Å². The molecule has 1 amide bonds. The minimum atomic E-state index is -4.11. The Bertz CT molecular complexity index is 979. The van der Waals surface area contributed by atoms with E-state index in [2.05, 4.69) is 5.32 Å². The smallest absolute Gasteiger partial charge is 0.255 e. The molecular formula is C17H15ClF2N2O4S. The van der Waals surface area contributed by atoms with Crippen molar-refractivity contribution < 1.29 is 26.7 Å². The summed E-state index contributed by atoms with van der Waals surface area (Å²) in [5.74, 6) is -2.28. The van der Waals surface area contributed by atoms with Gasteiger partial charge in [-0.1, -0.05) is 11.6 Å². The first-order valence-corrected chi connectivity index (χ1v) is 9.75. The van der Waals surface area contributed by atoms with Crippen LogP contribution in [0, 0.1) is 11.6 Å². The van der Waals surface area contributed by atoms with Gasteiger partial charge in [-0.05, 0) is 36.4 Å². The van der Waals surface area contributed by atoms with Crippen molar-refractivity contribution in [3.8, 4) is 0 Å². The van der Waals surface area contributed by atoms with Gasteiger partial charge in [-0.3, -0.25) is 4.79 Å². The van der Waals surface area contributed by atoms with Crippen LogP contribution < -0.4 is 5.32 Å². The number of anilines is 1. The zero-order valence-corrected chi connectivity index (χ0v) is 15.5. The van der Waals surface area contributed by atoms with E-state index in [0.29, 0.717) is 0 Å². The van der Waals surface area contributed by atoms with Crippen LogP contribution in [-0.2, 0) is 14.8 Å². The maximum atomic E-state index is 14.2. The molecule has 1 saturated heterocycles. The second kappa shape index (κ2) is 7.89. The van der Waals surface area contributed by atoms with Crippen LogP contribution in [0.25, 0.3) is 0 Å². The summed E-state index contributed by atoms with van der Waals surface area (Å²) in [6.45, 7) is 0.636. The Kier molecular flexibility index (Phi) is 5.75. The Labute approximate surface area is 159 Å². The van der Waals surface area contributed by atoms with Gasteiger partial charge in [0.25, 0.3) is 5.91 Å². The number of halogens is 3. The van der Waals surface area contributed by atoms with Crippen molar-refractivity contribution >= 4 is 33.2 Å². The molecule has 27 heavy (non-hydrogen) atoms. The molecule has 0 atom stereocenters. The number of nitrogens with one attached hydrogen (secondary N) is 1. The first kappa shape index (κ1) is 19.7. The average molecular weight is 417 g/mol. The number of carbonyl (C=O) groups is 1. The Balaban J connectivity index is 1.88. The second-order valence-corrected chi connectivity index (χ2v) is 8.06. The fourth-order valence-corrected chi connectivity index (χ4v) is 4.22. The van der Waals surface area contributed by atoms with E-state index < -0.39 is 32.5 Å². The first-order chi connectivity index (χ1) is 12.8. The van der Waals surface area contributed by atoms with Crippen LogP contribution in [0.15, 0.2) is 41.3 Å². The molecule has 1 heterocycles. The van der Waals surface area contributed by atoms with E-state index in [4.69, 9.17) is 16.3 Å². The Hall–Kier alpha value is -2.07. The van der Waals surface area contributed by atoms with Crippen molar-refractivity contribution in [3.05, 3.63) is 58.6 Å². The van der Waals surface area contributed by atoms with Crippen molar-refractivity contribution in [1.82, 2.24) is 4.31 Å². The monoisotopic (exact) mass is 416 g/mol. The lowest BCUT2D eigenvalue weighted by molar-refractivity contribution is 0.0729. The molecule has 0 aromatic heterocycles. The fraction of sp³-hybridized carbons (Fsp3) is 0.235. The van der Waals surface area contributed by atoms with Crippen LogP contribution in [0.1, 0.15) is 10.4 Å². The Morgan fingerprint density at radius 3 is 2.41 bits per heavy atom. The number of benzene rings is 2. The van der Waals surface area contributed by atoms with Crippen molar-refractivity contribution in [2.45, 2.75) is 4.90 Å². The number of morpholine rings is 1. The van der Waals surface area contributed by atoms with E-state index in [0.717, 1.165) is 28.6 Å². The van der Waals surface area contributed by atoms with Gasteiger partial charge >= 0.3 is 0 Å². The molecule has 0 radical (unpaired) electrons. The average Bonchev–Trinajstić information content (AvgIpc) is 2.65. The molecule has 1 N–H and O–H groups in total. The minimum Gasteiger partial charge on any atom is -0.379 e. The third-order valence-electron chi connectivity index (χ3n) is 3.96. The van der Waals surface area contributed by atoms with Crippen molar-refractivity contribution in [1.29, 1.82) is 0 Å². The highest BCUT2D eigenvalue weighted by atomic mass is 35.5. The highest BCUT2D eigenvalue weighted by molar-refractivity contribution is 7.89. The third kappa shape index (κ3) is 4.27. The number of hydrogen-bond donors (Lipinski definition) is 1. The molecule has 10 heteroatoms. The topological polar surface area (TPSA) is 75.7 Å². The predicted molar refractivity (Wildman–Crippen MR) is 95.3 cm³/mol. The van der Waals surface area contributed by atoms with Gasteiger partial charge in [0.1, 0.15) is 16.5 Å². The summed E-state index contributed by atoms with van der Waals surface area (Å²) < 4.78 is 58.9. The normalized spacial score (nSPS) is 15.5. The van der Waals surface area contributed by atoms with E-state index in [1.165, 1.54) is 12.1 Å². The number of rotatable bonds is 4. The number of nitrogens with zero attached hydrogens (tertiary/aromatic N) is 1. The molecule has 3 rings (SSSR count). The van der Waals surface area contributed by atoms with Gasteiger partial charge in [0.2, 0.25) is 10.0 Å². The molecule has 0 unspecified atom stereocenters. The largest absolute Gasteiger partial charge is 0.379 e. The molecule has 144 valence electrons. The fourth-order valence-electron chi connectivity index (χ4n) is 2.55. The maximum Gasteiger partial charge on any atom is 0.255 e. The molecule has 0 saturated carbocycles. The predicted octanol–water partition coefficient (Wildman–Crippen LogP) is 2.89. The van der Waals surface area contributed by atoms with E-state index >= 15 is 0 Å². The number of ether oxygens (including phenoxy) is 1. The molecule has 1 fully saturated rings. The Morgan fingerprint density at radius 1 is 1.07 bits per heavy atom. The zero-order valence-electron chi connectivity index (χ0n) is 13.9. The van der Waals surface area contributed by atoms with Crippen molar-refractivity contribution in [2.75, 3.05) is 31.6 Å². The number of amides is 1. The summed E-state index contributed by atoms with van der Waals surface area (Å²) in [7, 11) is -4.11. The second-order valence-electron chi connectivity index (χ2n) is 5.74. The molecule has 2 aromatic rings. The standard InChI is InChI=1S/C17H15ClF2N2O4S/c18-13-10-12(2-4-14(13)19)21-17(23)11-1-3-15(20)16(9-11)27(24,25)22-5-7-26-8-6-22/h1-4,9-10H,5-8H2,(H,21,23). The van der Waals surface area contributed by atoms with Crippen LogP contribution in [0.5, 0.6) is 0 Å². The van der Waals surface area contributed by atoms with Crippen molar-refractivity contribution in [2.24, 2.45) is 0 Å². The van der Waals surface area contributed by atoms with Gasteiger partial charge < -0.3 is 10.1 Å². The zero-order chi connectivity index (χ0) is 19.6. The maximum absolute atomic E-state index is 14.2. The van der Waals surface area contributed by atoms with Gasteiger partial charge in [0, 0.05) is 24.3 Å². The number of hydrogen-bond acceptors (Lipinski definition) is 4. The lowest BCUT2D eigenvalue weighted by Crippen LogP contribution is -2.41. The summed E-state index contributed by atoms with van der Waals surface area (Å²) in [5, 5.41) is 2.28. The third-order valence-corrected chi connectivity index (χ3v) is 6.16. The van der Waals surface area contributed by atoms with Crippen LogP contribution in [0.3, 0.4) is 0 Å². The Morgan fingerprint density at radius 2 is 1.74 bits per heavy atom. The van der Waals surface area contributed by atoms with E-state index in [-0.39, 0.29) is 42.6 Å². The van der Waals surface area contributed by atoms with Gasteiger partial charge in [-0.25, -0.2) is 17.2 Å². The van der Waals surface area contributed by atoms with Gasteiger partial charge in [0.05, 0.1) is 18.2 Å². The number of sulfonamides is 1. The molecule has 0 aliphatic carbocycles. The quantitative estimate of drug-likeness (QED) is 0.831. The first-order valence-electron chi connectivity index (χ1n) is 7.93. The molecule has 1 aliphatic rings. The van der Waals surface area contributed by atoms with Crippen LogP contribution >= 0.6 is 11.6 Å². The van der Waals surface area contributed by atoms with Crippen LogP contribution in [0.4, 0.5) is 14.5 Å². The highest BCUT2D eigenvalue weighted by Gasteiger charge is 2.29. The number of carbonyl (C=O) groups excluding carboxylic acids is 1. The molecule has 0 bridgehead atoms. The summed E-state index contributed by atoms with van der Waals surface area (Å²) in [5.41, 5.74) is 0.150. The summed E-state index contributed by atoms with van der Waals surface area (Å²) in [6, 6.07) is 6.64. The van der Waals surface area contributed by atoms with Gasteiger partial charge in [0.15, 0.2) is 0 Å². The molecule has 0 spiro atoms. The van der Waals surface area contributed by atoms with E-state index in [1.807, 2.05) is 0 Å². The van der Waals surface area contributed by atoms with Gasteiger partial charge in [-0.2, -0.15) is 4.31 Å².